The van der Waals surface area contributed by atoms with E-state index in [1.165, 1.54) is 17.7 Å². The number of hydrogen-bond donors (Lipinski definition) is 1. The highest BCUT2D eigenvalue weighted by Gasteiger charge is 2.12. The summed E-state index contributed by atoms with van der Waals surface area (Å²) in [5.74, 6) is 0.456. The number of halogens is 1. The van der Waals surface area contributed by atoms with E-state index >= 15 is 0 Å². The van der Waals surface area contributed by atoms with Crippen LogP contribution in [0.1, 0.15) is 23.9 Å². The third-order valence-corrected chi connectivity index (χ3v) is 4.77. The van der Waals surface area contributed by atoms with Crippen LogP contribution >= 0.6 is 12.2 Å². The summed E-state index contributed by atoms with van der Waals surface area (Å²) in [5, 5.41) is 16.2. The van der Waals surface area contributed by atoms with E-state index in [1.807, 2.05) is 44.3 Å². The maximum absolute atomic E-state index is 13.3. The third kappa shape index (κ3) is 3.93. The zero-order chi connectivity index (χ0) is 20.4. The summed E-state index contributed by atoms with van der Waals surface area (Å²) < 4.78 is 17.1. The molecule has 2 heterocycles. The van der Waals surface area contributed by atoms with Gasteiger partial charge < -0.3 is 0 Å². The van der Waals surface area contributed by atoms with E-state index < -0.39 is 0 Å². The summed E-state index contributed by atoms with van der Waals surface area (Å²) in [6.07, 6.45) is 4.28. The molecule has 0 saturated carbocycles. The lowest BCUT2D eigenvalue weighted by Crippen LogP contribution is -1.97. The zero-order valence-electron chi connectivity index (χ0n) is 16.0. The first-order chi connectivity index (χ1) is 14.0. The minimum absolute atomic E-state index is 0.289. The number of rotatable bonds is 5. The number of aromatic nitrogens is 5. The molecule has 0 saturated heterocycles. The van der Waals surface area contributed by atoms with Crippen molar-refractivity contribution >= 4 is 18.4 Å². The molecule has 0 radical (unpaired) electrons. The van der Waals surface area contributed by atoms with Gasteiger partial charge in [-0.25, -0.2) is 9.07 Å². The SMILES string of the molecule is CCc1n[nH]c(=S)n1/N=C\c1cn(-c2ccc(F)cc2)nc1-c1ccc(C)cc1. The Morgan fingerprint density at radius 2 is 1.86 bits per heavy atom. The van der Waals surface area contributed by atoms with Gasteiger partial charge in [0.1, 0.15) is 11.5 Å². The summed E-state index contributed by atoms with van der Waals surface area (Å²) in [6, 6.07) is 14.3. The lowest BCUT2D eigenvalue weighted by Gasteiger charge is -2.01. The fourth-order valence-corrected chi connectivity index (χ4v) is 3.13. The molecule has 146 valence electrons. The van der Waals surface area contributed by atoms with Gasteiger partial charge in [-0.1, -0.05) is 36.8 Å². The van der Waals surface area contributed by atoms with Crippen molar-refractivity contribution in [2.45, 2.75) is 20.3 Å². The molecule has 0 fully saturated rings. The lowest BCUT2D eigenvalue weighted by atomic mass is 10.1. The van der Waals surface area contributed by atoms with Crippen LogP contribution in [0.2, 0.25) is 0 Å². The zero-order valence-corrected chi connectivity index (χ0v) is 16.8. The molecule has 6 nitrogen and oxygen atoms in total. The summed E-state index contributed by atoms with van der Waals surface area (Å²) in [5.41, 5.74) is 4.46. The maximum atomic E-state index is 13.3. The van der Waals surface area contributed by atoms with Gasteiger partial charge >= 0.3 is 0 Å². The van der Waals surface area contributed by atoms with Gasteiger partial charge in [-0.3, -0.25) is 5.10 Å². The number of aromatic amines is 1. The lowest BCUT2D eigenvalue weighted by molar-refractivity contribution is 0.627. The van der Waals surface area contributed by atoms with Crippen LogP contribution < -0.4 is 0 Å². The minimum atomic E-state index is -0.289. The molecule has 4 rings (SSSR count). The molecule has 1 N–H and O–H groups in total. The molecule has 0 aliphatic heterocycles. The fraction of sp³-hybridized carbons (Fsp3) is 0.143. The van der Waals surface area contributed by atoms with Crippen molar-refractivity contribution in [3.63, 3.8) is 0 Å². The van der Waals surface area contributed by atoms with Gasteiger partial charge in [0.2, 0.25) is 4.77 Å². The van der Waals surface area contributed by atoms with Crippen LogP contribution in [0.5, 0.6) is 0 Å². The Labute approximate surface area is 172 Å². The Kier molecular flexibility index (Phi) is 5.18. The van der Waals surface area contributed by atoms with Gasteiger partial charge in [0.15, 0.2) is 5.82 Å². The Bertz CT molecular complexity index is 1220. The summed E-state index contributed by atoms with van der Waals surface area (Å²) in [6.45, 7) is 4.03. The van der Waals surface area contributed by atoms with E-state index in [1.54, 1.807) is 27.7 Å². The fourth-order valence-electron chi connectivity index (χ4n) is 2.94. The molecule has 0 unspecified atom stereocenters. The van der Waals surface area contributed by atoms with Crippen molar-refractivity contribution in [1.82, 2.24) is 24.7 Å². The van der Waals surface area contributed by atoms with Crippen LogP contribution in [0.4, 0.5) is 4.39 Å². The second kappa shape index (κ2) is 7.92. The van der Waals surface area contributed by atoms with Gasteiger partial charge in [-0.2, -0.15) is 20.0 Å². The van der Waals surface area contributed by atoms with Crippen LogP contribution in [0.25, 0.3) is 16.9 Å². The molecule has 4 aromatic rings. The van der Waals surface area contributed by atoms with Crippen molar-refractivity contribution in [3.05, 3.63) is 82.3 Å². The van der Waals surface area contributed by atoms with Crippen molar-refractivity contribution in [2.24, 2.45) is 5.10 Å². The quantitative estimate of drug-likeness (QED) is 0.386. The normalized spacial score (nSPS) is 11.4. The van der Waals surface area contributed by atoms with E-state index in [2.05, 4.69) is 15.3 Å². The summed E-state index contributed by atoms with van der Waals surface area (Å²) in [4.78, 5) is 0. The Balaban J connectivity index is 1.81. The first kappa shape index (κ1) is 18.9. The standard InChI is InChI=1S/C21H19FN6S/c1-3-19-24-25-21(29)28(19)23-12-16-13-27(18-10-8-17(22)9-11-18)26-20(16)15-6-4-14(2)5-7-15/h4-13H,3H2,1-2H3,(H,25,29)/b23-12-. The number of hydrogen-bond acceptors (Lipinski definition) is 4. The average Bonchev–Trinajstić information content (AvgIpc) is 3.31. The van der Waals surface area contributed by atoms with Crippen LogP contribution in [0.15, 0.2) is 59.8 Å². The molecule has 2 aromatic heterocycles. The van der Waals surface area contributed by atoms with Crippen molar-refractivity contribution < 1.29 is 4.39 Å². The van der Waals surface area contributed by atoms with Crippen LogP contribution in [-0.2, 0) is 6.42 Å². The summed E-state index contributed by atoms with van der Waals surface area (Å²) in [7, 11) is 0. The number of H-pyrrole nitrogens is 1. The molecule has 0 amide bonds. The smallest absolute Gasteiger partial charge is 0.216 e. The largest absolute Gasteiger partial charge is 0.250 e. The van der Waals surface area contributed by atoms with E-state index in [0.717, 1.165) is 28.3 Å². The van der Waals surface area contributed by atoms with E-state index in [0.29, 0.717) is 11.2 Å². The molecule has 0 aliphatic carbocycles. The predicted molar refractivity (Wildman–Crippen MR) is 113 cm³/mol. The topological polar surface area (TPSA) is 63.8 Å². The molecule has 0 bridgehead atoms. The molecule has 0 atom stereocenters. The van der Waals surface area contributed by atoms with Crippen molar-refractivity contribution in [2.75, 3.05) is 0 Å². The monoisotopic (exact) mass is 406 g/mol. The second-order valence-corrected chi connectivity index (χ2v) is 6.96. The van der Waals surface area contributed by atoms with Crippen LogP contribution in [0, 0.1) is 17.5 Å². The minimum Gasteiger partial charge on any atom is -0.250 e. The first-order valence-corrected chi connectivity index (χ1v) is 9.59. The maximum Gasteiger partial charge on any atom is 0.216 e. The highest BCUT2D eigenvalue weighted by atomic mass is 32.1. The van der Waals surface area contributed by atoms with E-state index in [4.69, 9.17) is 17.3 Å². The van der Waals surface area contributed by atoms with Crippen molar-refractivity contribution in [1.29, 1.82) is 0 Å². The average molecular weight is 406 g/mol. The molecule has 0 aliphatic rings. The molecular weight excluding hydrogens is 387 g/mol. The Hall–Kier alpha value is -3.39. The van der Waals surface area contributed by atoms with Gasteiger partial charge in [-0.05, 0) is 43.4 Å². The molecule has 2 aromatic carbocycles. The van der Waals surface area contributed by atoms with Gasteiger partial charge in [0, 0.05) is 23.7 Å². The van der Waals surface area contributed by atoms with E-state index in [-0.39, 0.29) is 5.82 Å². The number of nitrogens with one attached hydrogen (secondary N) is 1. The summed E-state index contributed by atoms with van der Waals surface area (Å²) >= 11 is 5.26. The molecule has 29 heavy (non-hydrogen) atoms. The second-order valence-electron chi connectivity index (χ2n) is 6.57. The molecule has 8 heteroatoms. The number of aryl methyl sites for hydroxylation is 2. The van der Waals surface area contributed by atoms with Gasteiger partial charge in [-0.15, -0.1) is 0 Å². The third-order valence-electron chi connectivity index (χ3n) is 4.50. The highest BCUT2D eigenvalue weighted by molar-refractivity contribution is 7.71. The Morgan fingerprint density at radius 3 is 2.55 bits per heavy atom. The van der Waals surface area contributed by atoms with Gasteiger partial charge in [0.05, 0.1) is 11.9 Å². The van der Waals surface area contributed by atoms with Crippen LogP contribution in [-0.4, -0.2) is 30.9 Å². The number of benzene rings is 2. The predicted octanol–water partition coefficient (Wildman–Crippen LogP) is 4.69. The highest BCUT2D eigenvalue weighted by Crippen LogP contribution is 2.23. The van der Waals surface area contributed by atoms with E-state index in [9.17, 15) is 4.39 Å². The number of nitrogens with zero attached hydrogens (tertiary/aromatic N) is 5. The Morgan fingerprint density at radius 1 is 1.14 bits per heavy atom. The molecule has 0 spiro atoms. The van der Waals surface area contributed by atoms with Crippen LogP contribution in [0.3, 0.4) is 0 Å². The van der Waals surface area contributed by atoms with Gasteiger partial charge in [0.25, 0.3) is 0 Å². The molecular formula is C21H19FN6S. The van der Waals surface area contributed by atoms with Crippen molar-refractivity contribution in [3.8, 4) is 16.9 Å². The first-order valence-electron chi connectivity index (χ1n) is 9.18.